The molecule has 0 aliphatic carbocycles. The molecule has 0 bridgehead atoms. The number of hydrogen-bond donors (Lipinski definition) is 1. The minimum absolute atomic E-state index is 0.582. The van der Waals surface area contributed by atoms with E-state index in [4.69, 9.17) is 20.5 Å². The maximum absolute atomic E-state index is 8.72. The second kappa shape index (κ2) is 6.85. The van der Waals surface area contributed by atoms with E-state index in [1.807, 2.05) is 0 Å². The smallest absolute Gasteiger partial charge is 0.101 e. The predicted octanol–water partition coefficient (Wildman–Crippen LogP) is 1.45. The van der Waals surface area contributed by atoms with Crippen LogP contribution in [0, 0.1) is 17.2 Å². The molecule has 2 N–H and O–H groups in total. The summed E-state index contributed by atoms with van der Waals surface area (Å²) in [4.78, 5) is 0. The van der Waals surface area contributed by atoms with Gasteiger partial charge in [-0.15, -0.1) is 0 Å². The highest BCUT2D eigenvalue weighted by molar-refractivity contribution is 5.00. The molecule has 92 valence electrons. The van der Waals surface area contributed by atoms with Crippen LogP contribution < -0.4 is 5.73 Å². The Labute approximate surface area is 97.7 Å². The summed E-state index contributed by atoms with van der Waals surface area (Å²) in [6.07, 6.45) is 3.78. The lowest BCUT2D eigenvalue weighted by atomic mass is 9.98. The number of nitrogens with zero attached hydrogens (tertiary/aromatic N) is 1. The first kappa shape index (κ1) is 13.4. The van der Waals surface area contributed by atoms with Crippen molar-refractivity contribution in [3.63, 3.8) is 0 Å². The molecule has 4 heteroatoms. The highest BCUT2D eigenvalue weighted by atomic mass is 16.5. The summed E-state index contributed by atoms with van der Waals surface area (Å²) >= 11 is 0. The maximum atomic E-state index is 8.72. The average Bonchev–Trinajstić information content (AvgIpc) is 2.76. The Bertz CT molecular complexity index is 230. The second-order valence-electron chi connectivity index (χ2n) is 4.79. The average molecular weight is 226 g/mol. The first-order chi connectivity index (χ1) is 7.64. The van der Waals surface area contributed by atoms with Crippen LogP contribution in [0.4, 0.5) is 0 Å². The summed E-state index contributed by atoms with van der Waals surface area (Å²) < 4.78 is 10.8. The van der Waals surface area contributed by atoms with Gasteiger partial charge in [-0.2, -0.15) is 5.26 Å². The lowest BCUT2D eigenvalue weighted by molar-refractivity contribution is 0.0867. The molecule has 0 saturated carbocycles. The van der Waals surface area contributed by atoms with Crippen molar-refractivity contribution < 1.29 is 9.47 Å². The summed E-state index contributed by atoms with van der Waals surface area (Å²) in [5.41, 5.74) is 5.03. The zero-order valence-corrected chi connectivity index (χ0v) is 10.1. The van der Waals surface area contributed by atoms with Gasteiger partial charge in [0.05, 0.1) is 19.3 Å². The van der Waals surface area contributed by atoms with Crippen LogP contribution in [0.2, 0.25) is 0 Å². The van der Waals surface area contributed by atoms with E-state index >= 15 is 0 Å². The number of unbranched alkanes of at least 4 members (excludes halogenated alkanes) is 1. The first-order valence-electron chi connectivity index (χ1n) is 6.00. The van der Waals surface area contributed by atoms with Crippen LogP contribution in [0.25, 0.3) is 0 Å². The summed E-state index contributed by atoms with van der Waals surface area (Å²) in [6.45, 7) is 5.05. The molecule has 16 heavy (non-hydrogen) atoms. The van der Waals surface area contributed by atoms with Gasteiger partial charge in [0.2, 0.25) is 0 Å². The molecule has 0 spiro atoms. The normalized spacial score (nSPS) is 23.9. The van der Waals surface area contributed by atoms with Gasteiger partial charge in [-0.1, -0.05) is 0 Å². The molecule has 1 saturated heterocycles. The molecule has 4 nitrogen and oxygen atoms in total. The van der Waals surface area contributed by atoms with Gasteiger partial charge in [-0.25, -0.2) is 0 Å². The van der Waals surface area contributed by atoms with Crippen molar-refractivity contribution in [2.24, 2.45) is 11.7 Å². The lowest BCUT2D eigenvalue weighted by Gasteiger charge is -2.14. The van der Waals surface area contributed by atoms with Crippen molar-refractivity contribution in [1.29, 1.82) is 5.26 Å². The summed E-state index contributed by atoms with van der Waals surface area (Å²) in [7, 11) is 0. The molecule has 1 heterocycles. The summed E-state index contributed by atoms with van der Waals surface area (Å²) in [6, 6.07) is 2.10. The standard InChI is InChI=1S/C12H22N2O2/c1-12(14,10-13)5-2-3-6-15-8-11-4-7-16-9-11/h11H,2-9,14H2,1H3. The Balaban J connectivity index is 1.90. The molecule has 0 aromatic carbocycles. The van der Waals surface area contributed by atoms with E-state index in [1.54, 1.807) is 6.92 Å². The third kappa shape index (κ3) is 5.45. The van der Waals surface area contributed by atoms with Gasteiger partial charge in [0.15, 0.2) is 0 Å². The minimum Gasteiger partial charge on any atom is -0.381 e. The van der Waals surface area contributed by atoms with E-state index in [0.717, 1.165) is 52.1 Å². The Kier molecular flexibility index (Phi) is 5.75. The van der Waals surface area contributed by atoms with E-state index in [0.29, 0.717) is 5.92 Å². The molecular formula is C12H22N2O2. The molecule has 0 radical (unpaired) electrons. The fourth-order valence-corrected chi connectivity index (χ4v) is 1.72. The van der Waals surface area contributed by atoms with Crippen molar-refractivity contribution in [3.8, 4) is 6.07 Å². The fourth-order valence-electron chi connectivity index (χ4n) is 1.72. The monoisotopic (exact) mass is 226 g/mol. The van der Waals surface area contributed by atoms with Crippen LogP contribution >= 0.6 is 0 Å². The second-order valence-corrected chi connectivity index (χ2v) is 4.79. The number of nitrogens with two attached hydrogens (primary N) is 1. The molecule has 0 aromatic rings. The third-order valence-electron chi connectivity index (χ3n) is 2.87. The summed E-state index contributed by atoms with van der Waals surface area (Å²) in [5, 5.41) is 8.72. The van der Waals surface area contributed by atoms with E-state index in [1.165, 1.54) is 0 Å². The van der Waals surface area contributed by atoms with Crippen molar-refractivity contribution in [2.45, 2.75) is 38.1 Å². The highest BCUT2D eigenvalue weighted by Crippen LogP contribution is 2.13. The van der Waals surface area contributed by atoms with E-state index in [-0.39, 0.29) is 0 Å². The highest BCUT2D eigenvalue weighted by Gasteiger charge is 2.17. The SMILES string of the molecule is CC(N)(C#N)CCCCOCC1CCOC1. The Morgan fingerprint density at radius 3 is 3.00 bits per heavy atom. The van der Waals surface area contributed by atoms with Gasteiger partial charge in [-0.05, 0) is 32.6 Å². The minimum atomic E-state index is -0.681. The number of nitriles is 1. The summed E-state index contributed by atoms with van der Waals surface area (Å²) in [5.74, 6) is 0.582. The molecular weight excluding hydrogens is 204 g/mol. The van der Waals surface area contributed by atoms with Gasteiger partial charge in [0, 0.05) is 19.1 Å². The van der Waals surface area contributed by atoms with E-state index < -0.39 is 5.54 Å². The van der Waals surface area contributed by atoms with Gasteiger partial charge < -0.3 is 15.2 Å². The van der Waals surface area contributed by atoms with Crippen molar-refractivity contribution in [3.05, 3.63) is 0 Å². The molecule has 1 rings (SSSR count). The van der Waals surface area contributed by atoms with Crippen LogP contribution in [0.15, 0.2) is 0 Å². The third-order valence-corrected chi connectivity index (χ3v) is 2.87. The number of ether oxygens (including phenoxy) is 2. The zero-order valence-electron chi connectivity index (χ0n) is 10.1. The lowest BCUT2D eigenvalue weighted by Crippen LogP contribution is -2.33. The van der Waals surface area contributed by atoms with Crippen molar-refractivity contribution in [2.75, 3.05) is 26.4 Å². The Morgan fingerprint density at radius 2 is 2.38 bits per heavy atom. The van der Waals surface area contributed by atoms with Crippen molar-refractivity contribution in [1.82, 2.24) is 0 Å². The van der Waals surface area contributed by atoms with Crippen LogP contribution in [-0.4, -0.2) is 32.0 Å². The molecule has 0 aromatic heterocycles. The maximum Gasteiger partial charge on any atom is 0.101 e. The zero-order chi connectivity index (χ0) is 11.9. The van der Waals surface area contributed by atoms with Gasteiger partial charge in [0.25, 0.3) is 0 Å². The molecule has 1 aliphatic heterocycles. The molecule has 1 fully saturated rings. The van der Waals surface area contributed by atoms with Crippen LogP contribution in [0.1, 0.15) is 32.6 Å². The van der Waals surface area contributed by atoms with E-state index in [2.05, 4.69) is 6.07 Å². The van der Waals surface area contributed by atoms with Gasteiger partial charge in [-0.3, -0.25) is 0 Å². The van der Waals surface area contributed by atoms with Crippen molar-refractivity contribution >= 4 is 0 Å². The largest absolute Gasteiger partial charge is 0.381 e. The molecule has 2 unspecified atom stereocenters. The Morgan fingerprint density at radius 1 is 1.56 bits per heavy atom. The molecule has 2 atom stereocenters. The first-order valence-corrected chi connectivity index (χ1v) is 6.00. The molecule has 1 aliphatic rings. The van der Waals surface area contributed by atoms with Crippen LogP contribution in [0.5, 0.6) is 0 Å². The number of hydrogen-bond acceptors (Lipinski definition) is 4. The van der Waals surface area contributed by atoms with E-state index in [9.17, 15) is 0 Å². The molecule has 0 amide bonds. The quantitative estimate of drug-likeness (QED) is 0.667. The van der Waals surface area contributed by atoms with Gasteiger partial charge >= 0.3 is 0 Å². The fraction of sp³-hybridized carbons (Fsp3) is 0.917. The van der Waals surface area contributed by atoms with Crippen LogP contribution in [0.3, 0.4) is 0 Å². The predicted molar refractivity (Wildman–Crippen MR) is 61.8 cm³/mol. The Hall–Kier alpha value is -0.630. The topological polar surface area (TPSA) is 68.3 Å². The number of rotatable bonds is 7. The van der Waals surface area contributed by atoms with Crippen LogP contribution in [-0.2, 0) is 9.47 Å². The van der Waals surface area contributed by atoms with Gasteiger partial charge in [0.1, 0.15) is 5.54 Å².